The van der Waals surface area contributed by atoms with E-state index in [1.807, 2.05) is 24.3 Å². The molecule has 1 atom stereocenters. The summed E-state index contributed by atoms with van der Waals surface area (Å²) in [5.41, 5.74) is 4.52. The molecule has 2 heterocycles. The average molecular weight is 413 g/mol. The molecule has 5 nitrogen and oxygen atoms in total. The highest BCUT2D eigenvalue weighted by molar-refractivity contribution is 7.85. The monoisotopic (exact) mass is 412 g/mol. The van der Waals surface area contributed by atoms with E-state index >= 15 is 0 Å². The van der Waals surface area contributed by atoms with Crippen LogP contribution in [0.3, 0.4) is 0 Å². The van der Waals surface area contributed by atoms with Crippen molar-refractivity contribution >= 4 is 28.1 Å². The number of nitrogens with zero attached hydrogens (tertiary/aromatic N) is 2. The van der Waals surface area contributed by atoms with Gasteiger partial charge in [-0.25, -0.2) is 4.21 Å². The quantitative estimate of drug-likeness (QED) is 0.801. The first-order valence-electron chi connectivity index (χ1n) is 10.3. The molecule has 29 heavy (non-hydrogen) atoms. The number of para-hydroxylation sites is 1. The lowest BCUT2D eigenvalue weighted by atomic mass is 9.97. The van der Waals surface area contributed by atoms with Gasteiger partial charge in [-0.3, -0.25) is 4.79 Å². The zero-order chi connectivity index (χ0) is 20.5. The van der Waals surface area contributed by atoms with Crippen molar-refractivity contribution in [3.05, 3.63) is 47.5 Å². The van der Waals surface area contributed by atoms with E-state index in [2.05, 4.69) is 35.8 Å². The largest absolute Gasteiger partial charge is 0.481 e. The van der Waals surface area contributed by atoms with Crippen molar-refractivity contribution in [2.75, 3.05) is 31.1 Å². The number of carbonyl (C=O) groups is 1. The Morgan fingerprint density at radius 1 is 1.07 bits per heavy atom. The third kappa shape index (κ3) is 3.83. The Balaban J connectivity index is 1.52. The van der Waals surface area contributed by atoms with Gasteiger partial charge in [0.05, 0.1) is 37.9 Å². The second kappa shape index (κ2) is 8.28. The van der Waals surface area contributed by atoms with Crippen molar-refractivity contribution in [1.29, 1.82) is 0 Å². The van der Waals surface area contributed by atoms with Crippen LogP contribution < -0.4 is 4.90 Å². The minimum atomic E-state index is -1.16. The molecule has 2 aromatic carbocycles. The Kier molecular flexibility index (Phi) is 5.74. The van der Waals surface area contributed by atoms with Gasteiger partial charge in [0.15, 0.2) is 0 Å². The van der Waals surface area contributed by atoms with E-state index in [-0.39, 0.29) is 5.92 Å². The first-order chi connectivity index (χ1) is 14.0. The van der Waals surface area contributed by atoms with Gasteiger partial charge in [0, 0.05) is 6.54 Å². The van der Waals surface area contributed by atoms with Gasteiger partial charge in [0.2, 0.25) is 0 Å². The maximum Gasteiger partial charge on any atom is 0.306 e. The summed E-state index contributed by atoms with van der Waals surface area (Å²) < 4.78 is 13.2. The Bertz CT molecular complexity index is 951. The van der Waals surface area contributed by atoms with Crippen LogP contribution >= 0.6 is 0 Å². The number of fused-ring (bicyclic) bond motifs is 2. The zero-order valence-corrected chi connectivity index (χ0v) is 17.9. The summed E-state index contributed by atoms with van der Waals surface area (Å²) in [6, 6.07) is 12.1. The number of likely N-dealkylation sites (tertiary alicyclic amines) is 1. The standard InChI is InChI=1S/C23H28N2O3S/c1-16-8-9-21-22(17(16)2)25(19-6-3-4-7-20(19)29(21)28)13-5-12-24-14-10-18(11-15-24)23(26)27/h3-4,6-9,18H,5,10-15H2,1-2H3,(H,26,27). The Hall–Kier alpha value is -2.18. The maximum atomic E-state index is 13.2. The lowest BCUT2D eigenvalue weighted by Crippen LogP contribution is -2.38. The lowest BCUT2D eigenvalue weighted by Gasteiger charge is -2.35. The summed E-state index contributed by atoms with van der Waals surface area (Å²) in [5, 5.41) is 9.18. The number of hydrogen-bond donors (Lipinski definition) is 1. The Morgan fingerprint density at radius 2 is 1.79 bits per heavy atom. The zero-order valence-electron chi connectivity index (χ0n) is 17.1. The van der Waals surface area contributed by atoms with Gasteiger partial charge in [-0.2, -0.15) is 0 Å². The summed E-state index contributed by atoms with van der Waals surface area (Å²) in [4.78, 5) is 17.6. The van der Waals surface area contributed by atoms with Gasteiger partial charge in [-0.1, -0.05) is 18.2 Å². The van der Waals surface area contributed by atoms with Crippen LogP contribution in [0.5, 0.6) is 0 Å². The van der Waals surface area contributed by atoms with Gasteiger partial charge in [-0.05, 0) is 82.1 Å². The highest BCUT2D eigenvalue weighted by Crippen LogP contribution is 2.44. The fraction of sp³-hybridized carbons (Fsp3) is 0.435. The Labute approximate surface area is 174 Å². The van der Waals surface area contributed by atoms with Crippen molar-refractivity contribution in [3.63, 3.8) is 0 Å². The summed E-state index contributed by atoms with van der Waals surface area (Å²) in [7, 11) is -1.16. The SMILES string of the molecule is Cc1ccc2c(c1C)N(CCCN1CCC(C(=O)O)CC1)c1ccccc1S2=O. The predicted octanol–water partition coefficient (Wildman–Crippen LogP) is 4.11. The number of benzene rings is 2. The maximum absolute atomic E-state index is 13.2. The molecule has 0 amide bonds. The molecule has 1 fully saturated rings. The molecule has 0 radical (unpaired) electrons. The molecule has 2 aromatic rings. The number of aliphatic carboxylic acids is 1. The molecule has 1 unspecified atom stereocenters. The van der Waals surface area contributed by atoms with Crippen molar-refractivity contribution in [3.8, 4) is 0 Å². The van der Waals surface area contributed by atoms with Crippen LogP contribution in [0.25, 0.3) is 0 Å². The second-order valence-corrected chi connectivity index (χ2v) is 9.47. The molecule has 0 saturated carbocycles. The molecule has 2 aliphatic heterocycles. The van der Waals surface area contributed by atoms with Crippen LogP contribution in [-0.2, 0) is 15.6 Å². The van der Waals surface area contributed by atoms with Crippen LogP contribution in [0.4, 0.5) is 11.4 Å². The van der Waals surface area contributed by atoms with Crippen LogP contribution in [0.2, 0.25) is 0 Å². The third-order valence-electron chi connectivity index (χ3n) is 6.28. The number of carboxylic acid groups (broad SMARTS) is 1. The predicted molar refractivity (Wildman–Crippen MR) is 115 cm³/mol. The summed E-state index contributed by atoms with van der Waals surface area (Å²) in [5.74, 6) is -0.849. The van der Waals surface area contributed by atoms with E-state index in [0.29, 0.717) is 0 Å². The molecule has 0 bridgehead atoms. The van der Waals surface area contributed by atoms with E-state index in [1.54, 1.807) is 0 Å². The van der Waals surface area contributed by atoms with Crippen LogP contribution in [0.15, 0.2) is 46.2 Å². The smallest absolute Gasteiger partial charge is 0.306 e. The van der Waals surface area contributed by atoms with Crippen LogP contribution in [-0.4, -0.2) is 46.4 Å². The third-order valence-corrected chi connectivity index (χ3v) is 7.76. The first-order valence-corrected chi connectivity index (χ1v) is 11.5. The molecule has 1 saturated heterocycles. The normalized spacial score (nSPS) is 19.7. The minimum absolute atomic E-state index is 0.187. The molecule has 154 valence electrons. The van der Waals surface area contributed by atoms with Crippen LogP contribution in [0, 0.1) is 19.8 Å². The van der Waals surface area contributed by atoms with Crippen LogP contribution in [0.1, 0.15) is 30.4 Å². The lowest BCUT2D eigenvalue weighted by molar-refractivity contribution is -0.143. The highest BCUT2D eigenvalue weighted by atomic mass is 32.2. The number of aryl methyl sites for hydroxylation is 1. The second-order valence-electron chi connectivity index (χ2n) is 8.05. The molecule has 1 N–H and O–H groups in total. The number of piperidine rings is 1. The number of hydrogen-bond acceptors (Lipinski definition) is 4. The molecular weight excluding hydrogens is 384 g/mol. The molecule has 4 rings (SSSR count). The highest BCUT2D eigenvalue weighted by Gasteiger charge is 2.30. The van der Waals surface area contributed by atoms with E-state index < -0.39 is 16.8 Å². The van der Waals surface area contributed by atoms with Crippen molar-refractivity contribution in [2.24, 2.45) is 5.92 Å². The topological polar surface area (TPSA) is 60.9 Å². The van der Waals surface area contributed by atoms with Gasteiger partial charge < -0.3 is 14.9 Å². The van der Waals surface area contributed by atoms with E-state index in [1.165, 1.54) is 11.1 Å². The molecular formula is C23H28N2O3S. The molecule has 0 aliphatic carbocycles. The van der Waals surface area contributed by atoms with E-state index in [4.69, 9.17) is 0 Å². The molecule has 0 aromatic heterocycles. The van der Waals surface area contributed by atoms with Crippen molar-refractivity contribution in [2.45, 2.75) is 42.9 Å². The van der Waals surface area contributed by atoms with Gasteiger partial charge in [-0.15, -0.1) is 0 Å². The van der Waals surface area contributed by atoms with Crippen molar-refractivity contribution < 1.29 is 14.1 Å². The molecule has 0 spiro atoms. The minimum Gasteiger partial charge on any atom is -0.481 e. The molecule has 2 aliphatic rings. The van der Waals surface area contributed by atoms with Gasteiger partial charge in [0.25, 0.3) is 0 Å². The fourth-order valence-corrected chi connectivity index (χ4v) is 5.86. The van der Waals surface area contributed by atoms with E-state index in [0.717, 1.165) is 66.6 Å². The summed E-state index contributed by atoms with van der Waals surface area (Å²) in [6.45, 7) is 7.73. The van der Waals surface area contributed by atoms with E-state index in [9.17, 15) is 14.1 Å². The van der Waals surface area contributed by atoms with Crippen molar-refractivity contribution in [1.82, 2.24) is 4.90 Å². The average Bonchev–Trinajstić information content (AvgIpc) is 2.73. The van der Waals surface area contributed by atoms with Gasteiger partial charge >= 0.3 is 5.97 Å². The number of rotatable bonds is 5. The van der Waals surface area contributed by atoms with Gasteiger partial charge in [0.1, 0.15) is 0 Å². The molecule has 6 heteroatoms. The fourth-order valence-electron chi connectivity index (χ4n) is 4.43. The summed E-state index contributed by atoms with van der Waals surface area (Å²) in [6.07, 6.45) is 2.45. The Morgan fingerprint density at radius 3 is 2.52 bits per heavy atom. The number of carboxylic acids is 1. The number of anilines is 2. The summed E-state index contributed by atoms with van der Waals surface area (Å²) >= 11 is 0. The first kappa shape index (κ1) is 20.1.